The molecule has 2 aliphatic heterocycles. The van der Waals surface area contributed by atoms with E-state index >= 15 is 0 Å². The smallest absolute Gasteiger partial charge is 0.184 e. The summed E-state index contributed by atoms with van der Waals surface area (Å²) in [6.07, 6.45) is 1.61. The Hall–Kier alpha value is -1.81. The van der Waals surface area contributed by atoms with Crippen molar-refractivity contribution in [2.24, 2.45) is 5.84 Å². The summed E-state index contributed by atoms with van der Waals surface area (Å²) < 4.78 is 16.2. The number of rotatable bonds is 8. The van der Waals surface area contributed by atoms with E-state index in [1.165, 1.54) is 0 Å². The number of nitrogens with two attached hydrogens (primary N) is 1. The van der Waals surface area contributed by atoms with Gasteiger partial charge in [0.25, 0.3) is 0 Å². The normalized spacial score (nSPS) is 19.7. The van der Waals surface area contributed by atoms with E-state index in [9.17, 15) is 0 Å². The lowest BCUT2D eigenvalue weighted by atomic mass is 10.3. The summed E-state index contributed by atoms with van der Waals surface area (Å²) in [6, 6.07) is 0. The summed E-state index contributed by atoms with van der Waals surface area (Å²) in [7, 11) is 0. The lowest BCUT2D eigenvalue weighted by Crippen LogP contribution is -2.41. The lowest BCUT2D eigenvalue weighted by molar-refractivity contribution is 0.0267. The third-order valence-corrected chi connectivity index (χ3v) is 3.85. The van der Waals surface area contributed by atoms with Crippen molar-refractivity contribution in [3.05, 3.63) is 24.4 Å². The second kappa shape index (κ2) is 10.1. The fraction of sp³-hybridized carbons (Fsp3) is 0.667. The molecule has 2 fully saturated rings. The molecule has 2 aliphatic rings. The van der Waals surface area contributed by atoms with E-state index in [-0.39, 0.29) is 0 Å². The molecule has 0 aromatic carbocycles. The summed E-state index contributed by atoms with van der Waals surface area (Å²) >= 11 is 0. The Morgan fingerprint density at radius 3 is 2.42 bits per heavy atom. The Balaban J connectivity index is 1.70. The number of morpholine rings is 2. The predicted octanol–water partition coefficient (Wildman–Crippen LogP) is -0.990. The molecular weight excluding hydrogens is 312 g/mol. The molecule has 0 saturated carbocycles. The van der Waals surface area contributed by atoms with E-state index < -0.39 is 0 Å². The molecule has 0 bridgehead atoms. The van der Waals surface area contributed by atoms with Gasteiger partial charge >= 0.3 is 0 Å². The Kier molecular flexibility index (Phi) is 7.83. The second-order valence-corrected chi connectivity index (χ2v) is 5.54. The summed E-state index contributed by atoms with van der Waals surface area (Å²) in [4.78, 5) is 4.20. The molecule has 0 unspecified atom stereocenters. The van der Waals surface area contributed by atoms with Crippen LogP contribution in [0.25, 0.3) is 0 Å². The fourth-order valence-electron chi connectivity index (χ4n) is 2.46. The first-order valence-corrected chi connectivity index (χ1v) is 8.17. The van der Waals surface area contributed by atoms with Crippen LogP contribution in [0.4, 0.5) is 0 Å². The maximum atomic E-state index is 8.10. The highest BCUT2D eigenvalue weighted by Gasteiger charge is 2.13. The first kappa shape index (κ1) is 18.5. The first-order valence-electron chi connectivity index (χ1n) is 8.17. The number of hydrogen-bond acceptors (Lipinski definition) is 8. The number of nitrogens with zero attached hydrogens (tertiary/aromatic N) is 2. The highest BCUT2D eigenvalue weighted by atomic mass is 16.5. The van der Waals surface area contributed by atoms with Crippen LogP contribution in [0.3, 0.4) is 0 Å². The highest BCUT2D eigenvalue weighted by molar-refractivity contribution is 5.90. The topological polar surface area (TPSA) is 108 Å². The molecule has 0 spiro atoms. The summed E-state index contributed by atoms with van der Waals surface area (Å²) in [5, 5.41) is 11.0. The van der Waals surface area contributed by atoms with Gasteiger partial charge in [0.1, 0.15) is 18.3 Å². The molecule has 2 rings (SSSR count). The van der Waals surface area contributed by atoms with Crippen LogP contribution in [-0.4, -0.2) is 81.4 Å². The van der Waals surface area contributed by atoms with E-state index in [0.29, 0.717) is 50.4 Å². The van der Waals surface area contributed by atoms with Gasteiger partial charge in [-0.1, -0.05) is 0 Å². The average molecular weight is 340 g/mol. The van der Waals surface area contributed by atoms with Gasteiger partial charge in [0.2, 0.25) is 0 Å². The van der Waals surface area contributed by atoms with Gasteiger partial charge in [-0.05, 0) is 6.58 Å². The maximum Gasteiger partial charge on any atom is 0.184 e. The summed E-state index contributed by atoms with van der Waals surface area (Å²) in [5.41, 5.74) is 2.53. The zero-order valence-corrected chi connectivity index (χ0v) is 14.1. The second-order valence-electron chi connectivity index (χ2n) is 5.54. The van der Waals surface area contributed by atoms with Gasteiger partial charge in [-0.15, -0.1) is 0 Å². The maximum absolute atomic E-state index is 8.10. The third-order valence-electron chi connectivity index (χ3n) is 3.85. The molecule has 0 atom stereocenters. The number of nitrogens with one attached hydrogen (secondary N) is 3. The van der Waals surface area contributed by atoms with Crippen molar-refractivity contribution < 1.29 is 14.2 Å². The minimum absolute atomic E-state index is 0.361. The van der Waals surface area contributed by atoms with Crippen LogP contribution in [0.15, 0.2) is 24.4 Å². The van der Waals surface area contributed by atoms with Gasteiger partial charge < -0.3 is 29.9 Å². The number of hydrogen-bond donors (Lipinski definition) is 4. The van der Waals surface area contributed by atoms with E-state index in [4.69, 9.17) is 25.5 Å². The molecule has 0 aromatic heterocycles. The Bertz CT molecular complexity index is 444. The van der Waals surface area contributed by atoms with Gasteiger partial charge in [-0.2, -0.15) is 0 Å². The van der Waals surface area contributed by atoms with Gasteiger partial charge in [0.15, 0.2) is 5.88 Å². The van der Waals surface area contributed by atoms with Gasteiger partial charge in [-0.25, -0.2) is 5.84 Å². The van der Waals surface area contributed by atoms with Crippen LogP contribution < -0.4 is 16.6 Å². The van der Waals surface area contributed by atoms with E-state index in [1.807, 2.05) is 4.90 Å². The SMILES string of the molecule is C=C(NC(=CC(=N)N1CCOCC1)NN)OCCN1CCOCC1. The molecule has 0 amide bonds. The van der Waals surface area contributed by atoms with Crippen LogP contribution in [0, 0.1) is 5.41 Å². The van der Waals surface area contributed by atoms with E-state index in [1.54, 1.807) is 6.08 Å². The molecule has 9 heteroatoms. The predicted molar refractivity (Wildman–Crippen MR) is 91.0 cm³/mol. The minimum Gasteiger partial charge on any atom is -0.478 e. The Labute approximate surface area is 142 Å². The van der Waals surface area contributed by atoms with Gasteiger partial charge in [-0.3, -0.25) is 10.3 Å². The van der Waals surface area contributed by atoms with Gasteiger partial charge in [0.05, 0.1) is 26.4 Å². The number of hydrazine groups is 1. The van der Waals surface area contributed by atoms with E-state index in [0.717, 1.165) is 32.8 Å². The minimum atomic E-state index is 0.361. The molecule has 2 saturated heterocycles. The largest absolute Gasteiger partial charge is 0.478 e. The molecule has 2 heterocycles. The summed E-state index contributed by atoms with van der Waals surface area (Å²) in [6.45, 7) is 11.2. The zero-order chi connectivity index (χ0) is 17.2. The fourth-order valence-corrected chi connectivity index (χ4v) is 2.46. The molecule has 0 aromatic rings. The molecule has 0 radical (unpaired) electrons. The molecule has 24 heavy (non-hydrogen) atoms. The quantitative estimate of drug-likeness (QED) is 0.147. The van der Waals surface area contributed by atoms with Crippen molar-refractivity contribution >= 4 is 5.84 Å². The van der Waals surface area contributed by atoms with Crippen molar-refractivity contribution in [1.29, 1.82) is 5.41 Å². The van der Waals surface area contributed by atoms with E-state index in [2.05, 4.69) is 22.2 Å². The zero-order valence-electron chi connectivity index (χ0n) is 14.1. The van der Waals surface area contributed by atoms with Crippen molar-refractivity contribution in [2.45, 2.75) is 0 Å². The average Bonchev–Trinajstić information content (AvgIpc) is 2.62. The van der Waals surface area contributed by atoms with Crippen LogP contribution in [0.1, 0.15) is 0 Å². The summed E-state index contributed by atoms with van der Waals surface area (Å²) in [5.74, 6) is 6.72. The molecule has 9 nitrogen and oxygen atoms in total. The molecule has 136 valence electrons. The number of ether oxygens (including phenoxy) is 3. The highest BCUT2D eigenvalue weighted by Crippen LogP contribution is 2.01. The van der Waals surface area contributed by atoms with Crippen LogP contribution >= 0.6 is 0 Å². The monoisotopic (exact) mass is 340 g/mol. The molecule has 5 N–H and O–H groups in total. The van der Waals surface area contributed by atoms with Crippen molar-refractivity contribution in [1.82, 2.24) is 20.5 Å². The van der Waals surface area contributed by atoms with Gasteiger partial charge in [0, 0.05) is 38.8 Å². The van der Waals surface area contributed by atoms with Crippen molar-refractivity contribution in [3.63, 3.8) is 0 Å². The number of amidine groups is 1. The van der Waals surface area contributed by atoms with Crippen LogP contribution in [0.2, 0.25) is 0 Å². The Morgan fingerprint density at radius 2 is 1.79 bits per heavy atom. The van der Waals surface area contributed by atoms with Crippen LogP contribution in [-0.2, 0) is 14.2 Å². The third kappa shape index (κ3) is 6.36. The van der Waals surface area contributed by atoms with Crippen molar-refractivity contribution in [2.75, 3.05) is 65.8 Å². The first-order chi connectivity index (χ1) is 11.7. The Morgan fingerprint density at radius 1 is 1.17 bits per heavy atom. The molecule has 0 aliphatic carbocycles. The standard InChI is InChI=1S/C15H28N6O3/c1-13(24-11-4-20-2-7-22-8-3-20)18-15(19-17)12-14(16)21-5-9-23-10-6-21/h12,16,18-19H,1-11,17H2. The van der Waals surface area contributed by atoms with Crippen LogP contribution in [0.5, 0.6) is 0 Å². The molecular formula is C15H28N6O3. The van der Waals surface area contributed by atoms with Crippen molar-refractivity contribution in [3.8, 4) is 0 Å². The lowest BCUT2D eigenvalue weighted by Gasteiger charge is -2.28.